The third kappa shape index (κ3) is 4.10. The van der Waals surface area contributed by atoms with Gasteiger partial charge in [0.15, 0.2) is 0 Å². The lowest BCUT2D eigenvalue weighted by molar-refractivity contribution is 0.0615. The summed E-state index contributed by atoms with van der Waals surface area (Å²) in [6.07, 6.45) is 11.6. The predicted molar refractivity (Wildman–Crippen MR) is 104 cm³/mol. The maximum atomic E-state index is 5.71. The summed E-state index contributed by atoms with van der Waals surface area (Å²) in [5.41, 5.74) is 8.99. The lowest BCUT2D eigenvalue weighted by Gasteiger charge is -2.43. The van der Waals surface area contributed by atoms with Gasteiger partial charge in [-0.2, -0.15) is 0 Å². The maximum absolute atomic E-state index is 5.71. The van der Waals surface area contributed by atoms with E-state index in [4.69, 9.17) is 5.73 Å². The molecule has 25 heavy (non-hydrogen) atoms. The van der Waals surface area contributed by atoms with Crippen LogP contribution in [0.5, 0.6) is 0 Å². The van der Waals surface area contributed by atoms with Crippen LogP contribution in [-0.4, -0.2) is 42.0 Å². The van der Waals surface area contributed by atoms with Gasteiger partial charge >= 0.3 is 0 Å². The van der Waals surface area contributed by atoms with Crippen molar-refractivity contribution in [3.05, 3.63) is 35.4 Å². The Hall–Kier alpha value is -0.900. The Morgan fingerprint density at radius 2 is 1.52 bits per heavy atom. The Labute approximate surface area is 153 Å². The highest BCUT2D eigenvalue weighted by molar-refractivity contribution is 5.22. The molecule has 2 heterocycles. The Morgan fingerprint density at radius 1 is 0.880 bits per heavy atom. The second-order valence-corrected chi connectivity index (χ2v) is 8.81. The first-order valence-corrected chi connectivity index (χ1v) is 10.5. The van der Waals surface area contributed by atoms with Crippen LogP contribution >= 0.6 is 0 Å². The fraction of sp³-hybridized carbons (Fsp3) is 0.727. The van der Waals surface area contributed by atoms with Crippen LogP contribution < -0.4 is 5.73 Å². The van der Waals surface area contributed by atoms with E-state index in [0.29, 0.717) is 12.0 Å². The van der Waals surface area contributed by atoms with Crippen molar-refractivity contribution in [1.82, 2.24) is 9.80 Å². The molecule has 0 unspecified atom stereocenters. The minimum absolute atomic E-state index is 0.613. The van der Waals surface area contributed by atoms with Crippen LogP contribution in [0.3, 0.4) is 0 Å². The van der Waals surface area contributed by atoms with Crippen LogP contribution in [0, 0.1) is 5.41 Å². The van der Waals surface area contributed by atoms with Gasteiger partial charge in [-0.25, -0.2) is 0 Å². The SMILES string of the molecule is NCc1ccc(CN2CCC3(CCN(C4CCCCC4)CC3)C2)cc1. The first-order chi connectivity index (χ1) is 12.3. The smallest absolute Gasteiger partial charge is 0.0233 e. The second kappa shape index (κ2) is 7.77. The number of hydrogen-bond donors (Lipinski definition) is 1. The molecule has 1 aromatic rings. The third-order valence-electron chi connectivity index (χ3n) is 7.13. The number of piperidine rings is 1. The van der Waals surface area contributed by atoms with Gasteiger partial charge < -0.3 is 10.6 Å². The highest BCUT2D eigenvalue weighted by Gasteiger charge is 2.41. The number of likely N-dealkylation sites (tertiary alicyclic amines) is 2. The van der Waals surface area contributed by atoms with Gasteiger partial charge in [0.05, 0.1) is 0 Å². The fourth-order valence-electron chi connectivity index (χ4n) is 5.42. The molecule has 1 saturated carbocycles. The molecule has 138 valence electrons. The van der Waals surface area contributed by atoms with Crippen molar-refractivity contribution in [2.45, 2.75) is 70.5 Å². The highest BCUT2D eigenvalue weighted by atomic mass is 15.2. The first kappa shape index (κ1) is 17.5. The van der Waals surface area contributed by atoms with Crippen molar-refractivity contribution in [3.63, 3.8) is 0 Å². The van der Waals surface area contributed by atoms with Gasteiger partial charge in [-0.05, 0) is 68.3 Å². The van der Waals surface area contributed by atoms with Crippen LogP contribution in [0.2, 0.25) is 0 Å². The highest BCUT2D eigenvalue weighted by Crippen LogP contribution is 2.42. The molecule has 0 aromatic heterocycles. The zero-order valence-electron chi connectivity index (χ0n) is 15.8. The number of benzene rings is 1. The molecule has 1 aromatic carbocycles. The first-order valence-electron chi connectivity index (χ1n) is 10.5. The van der Waals surface area contributed by atoms with Crippen molar-refractivity contribution in [3.8, 4) is 0 Å². The molecule has 2 saturated heterocycles. The molecule has 3 aliphatic rings. The molecular formula is C22H35N3. The Bertz CT molecular complexity index is 539. The maximum Gasteiger partial charge on any atom is 0.0233 e. The molecule has 0 atom stereocenters. The summed E-state index contributed by atoms with van der Waals surface area (Å²) in [5, 5.41) is 0. The summed E-state index contributed by atoms with van der Waals surface area (Å²) < 4.78 is 0. The number of nitrogens with two attached hydrogens (primary N) is 1. The van der Waals surface area contributed by atoms with E-state index in [1.54, 1.807) is 0 Å². The summed E-state index contributed by atoms with van der Waals surface area (Å²) in [6.45, 7) is 7.04. The molecule has 4 rings (SSSR count). The number of rotatable bonds is 4. The molecule has 1 aliphatic carbocycles. The van der Waals surface area contributed by atoms with E-state index in [0.717, 1.165) is 12.6 Å². The molecular weight excluding hydrogens is 306 g/mol. The Morgan fingerprint density at radius 3 is 2.20 bits per heavy atom. The number of hydrogen-bond acceptors (Lipinski definition) is 3. The normalized spacial score (nSPS) is 25.6. The molecule has 2 aliphatic heterocycles. The van der Waals surface area contributed by atoms with Crippen LogP contribution in [0.4, 0.5) is 0 Å². The second-order valence-electron chi connectivity index (χ2n) is 8.81. The Kier molecular flexibility index (Phi) is 5.44. The molecule has 3 fully saturated rings. The lowest BCUT2D eigenvalue weighted by Crippen LogP contribution is -2.46. The monoisotopic (exact) mass is 341 g/mol. The van der Waals surface area contributed by atoms with Crippen molar-refractivity contribution in [2.75, 3.05) is 26.2 Å². The van der Waals surface area contributed by atoms with Gasteiger partial charge in [0.1, 0.15) is 0 Å². The summed E-state index contributed by atoms with van der Waals surface area (Å²) in [4.78, 5) is 5.52. The van der Waals surface area contributed by atoms with Crippen LogP contribution in [0.15, 0.2) is 24.3 Å². The average Bonchev–Trinajstić information content (AvgIpc) is 3.06. The van der Waals surface area contributed by atoms with Gasteiger partial charge in [-0.15, -0.1) is 0 Å². The molecule has 2 N–H and O–H groups in total. The van der Waals surface area contributed by atoms with Gasteiger partial charge in [-0.3, -0.25) is 4.90 Å². The minimum Gasteiger partial charge on any atom is -0.326 e. The molecule has 0 bridgehead atoms. The molecule has 1 spiro atoms. The van der Waals surface area contributed by atoms with Crippen LogP contribution in [0.1, 0.15) is 62.5 Å². The summed E-state index contributed by atoms with van der Waals surface area (Å²) in [7, 11) is 0. The number of nitrogens with zero attached hydrogens (tertiary/aromatic N) is 2. The van der Waals surface area contributed by atoms with E-state index in [1.807, 2.05) is 0 Å². The van der Waals surface area contributed by atoms with E-state index in [-0.39, 0.29) is 0 Å². The molecule has 0 amide bonds. The summed E-state index contributed by atoms with van der Waals surface area (Å²) in [5.74, 6) is 0. The van der Waals surface area contributed by atoms with Crippen molar-refractivity contribution < 1.29 is 0 Å². The predicted octanol–water partition coefficient (Wildman–Crippen LogP) is 3.77. The zero-order valence-corrected chi connectivity index (χ0v) is 15.8. The topological polar surface area (TPSA) is 32.5 Å². The van der Waals surface area contributed by atoms with E-state index in [1.165, 1.54) is 88.7 Å². The quantitative estimate of drug-likeness (QED) is 0.905. The third-order valence-corrected chi connectivity index (χ3v) is 7.13. The Balaban J connectivity index is 1.28. The standard InChI is InChI=1S/C22H35N3/c23-16-19-6-8-20(9-7-19)17-24-13-10-22(18-24)11-14-25(15-12-22)21-4-2-1-3-5-21/h6-9,21H,1-5,10-18,23H2. The fourth-order valence-corrected chi connectivity index (χ4v) is 5.42. The van der Waals surface area contributed by atoms with Gasteiger partial charge in [0.2, 0.25) is 0 Å². The van der Waals surface area contributed by atoms with Crippen LogP contribution in [-0.2, 0) is 13.1 Å². The van der Waals surface area contributed by atoms with E-state index in [2.05, 4.69) is 34.1 Å². The molecule has 3 heteroatoms. The van der Waals surface area contributed by atoms with Crippen LogP contribution in [0.25, 0.3) is 0 Å². The van der Waals surface area contributed by atoms with Gasteiger partial charge in [0.25, 0.3) is 0 Å². The largest absolute Gasteiger partial charge is 0.326 e. The average molecular weight is 342 g/mol. The van der Waals surface area contributed by atoms with Crippen molar-refractivity contribution in [2.24, 2.45) is 11.1 Å². The summed E-state index contributed by atoms with van der Waals surface area (Å²) in [6, 6.07) is 9.80. The van der Waals surface area contributed by atoms with Gasteiger partial charge in [-0.1, -0.05) is 43.5 Å². The minimum atomic E-state index is 0.613. The zero-order chi connectivity index (χ0) is 17.1. The van der Waals surface area contributed by atoms with Crippen molar-refractivity contribution in [1.29, 1.82) is 0 Å². The summed E-state index contributed by atoms with van der Waals surface area (Å²) >= 11 is 0. The molecule has 3 nitrogen and oxygen atoms in total. The van der Waals surface area contributed by atoms with E-state index < -0.39 is 0 Å². The van der Waals surface area contributed by atoms with Crippen molar-refractivity contribution >= 4 is 0 Å². The van der Waals surface area contributed by atoms with E-state index in [9.17, 15) is 0 Å². The van der Waals surface area contributed by atoms with E-state index >= 15 is 0 Å². The van der Waals surface area contributed by atoms with Gasteiger partial charge in [0, 0.05) is 25.7 Å². The molecule has 0 radical (unpaired) electrons. The lowest BCUT2D eigenvalue weighted by atomic mass is 9.77.